The first kappa shape index (κ1) is 17.1. The monoisotopic (exact) mass is 355 g/mol. The van der Waals surface area contributed by atoms with E-state index in [1.165, 1.54) is 0 Å². The predicted octanol–water partition coefficient (Wildman–Crippen LogP) is 5.53. The molecule has 0 radical (unpaired) electrons. The van der Waals surface area contributed by atoms with E-state index in [2.05, 4.69) is 5.32 Å². The van der Waals surface area contributed by atoms with Crippen molar-refractivity contribution < 1.29 is 14.3 Å². The van der Waals surface area contributed by atoms with Crippen LogP contribution in [-0.4, -0.2) is 11.1 Å². The number of anilines is 1. The van der Waals surface area contributed by atoms with Gasteiger partial charge in [0.1, 0.15) is 11.5 Å². The first-order chi connectivity index (χ1) is 11.9. The zero-order chi connectivity index (χ0) is 18.0. The van der Waals surface area contributed by atoms with Gasteiger partial charge < -0.3 is 14.8 Å². The molecule has 0 unspecified atom stereocenters. The van der Waals surface area contributed by atoms with Gasteiger partial charge in [0.05, 0.1) is 12.1 Å². The maximum atomic E-state index is 11.0. The third-order valence-corrected chi connectivity index (χ3v) is 4.45. The van der Waals surface area contributed by atoms with Crippen molar-refractivity contribution in [3.05, 3.63) is 76.0 Å². The molecule has 3 rings (SSSR count). The van der Waals surface area contributed by atoms with Crippen LogP contribution in [0.5, 0.6) is 0 Å². The quantitative estimate of drug-likeness (QED) is 0.631. The lowest BCUT2D eigenvalue weighted by molar-refractivity contribution is 0.0697. The van der Waals surface area contributed by atoms with E-state index in [-0.39, 0.29) is 5.56 Å². The number of hydrogen-bond donors (Lipinski definition) is 2. The Kier molecular flexibility index (Phi) is 4.81. The normalized spacial score (nSPS) is 10.7. The number of rotatable bonds is 5. The van der Waals surface area contributed by atoms with E-state index in [0.717, 1.165) is 33.9 Å². The Morgan fingerprint density at radius 3 is 2.56 bits per heavy atom. The van der Waals surface area contributed by atoms with E-state index in [0.29, 0.717) is 11.6 Å². The molecule has 0 aliphatic carbocycles. The summed E-state index contributed by atoms with van der Waals surface area (Å²) in [6.07, 6.45) is 0. The van der Waals surface area contributed by atoms with Crippen LogP contribution in [0.25, 0.3) is 11.3 Å². The molecule has 0 amide bonds. The lowest BCUT2D eigenvalue weighted by Crippen LogP contribution is -2.02. The number of nitrogens with one attached hydrogen (secondary N) is 1. The van der Waals surface area contributed by atoms with Crippen molar-refractivity contribution in [3.8, 4) is 11.3 Å². The zero-order valence-electron chi connectivity index (χ0n) is 14.0. The summed E-state index contributed by atoms with van der Waals surface area (Å²) in [5.41, 5.74) is 3.99. The Balaban J connectivity index is 1.71. The summed E-state index contributed by atoms with van der Waals surface area (Å²) in [4.78, 5) is 11.0. The van der Waals surface area contributed by atoms with E-state index in [9.17, 15) is 4.79 Å². The molecule has 0 saturated heterocycles. The molecule has 0 spiro atoms. The Bertz CT molecular complexity index is 930. The predicted molar refractivity (Wildman–Crippen MR) is 99.4 cm³/mol. The molecule has 1 heterocycles. The van der Waals surface area contributed by atoms with Gasteiger partial charge in [0.2, 0.25) is 0 Å². The van der Waals surface area contributed by atoms with Crippen molar-refractivity contribution in [3.63, 3.8) is 0 Å². The molecular weight excluding hydrogens is 338 g/mol. The standard InChI is InChI=1S/C20H18ClNO3/c1-12-3-4-14(10-17(12)21)19-8-6-16(25-19)11-22-18-7-5-15(20(23)24)9-13(18)2/h3-10,22H,11H2,1-2H3,(H,23,24). The average molecular weight is 356 g/mol. The molecule has 2 N–H and O–H groups in total. The first-order valence-corrected chi connectivity index (χ1v) is 8.25. The molecule has 1 aromatic heterocycles. The van der Waals surface area contributed by atoms with Crippen molar-refractivity contribution in [1.82, 2.24) is 0 Å². The largest absolute Gasteiger partial charge is 0.478 e. The van der Waals surface area contributed by atoms with Crippen LogP contribution in [-0.2, 0) is 6.54 Å². The van der Waals surface area contributed by atoms with Crippen LogP contribution in [0.4, 0.5) is 5.69 Å². The van der Waals surface area contributed by atoms with Gasteiger partial charge >= 0.3 is 5.97 Å². The minimum Gasteiger partial charge on any atom is -0.478 e. The van der Waals surface area contributed by atoms with E-state index in [1.54, 1.807) is 18.2 Å². The number of hydrogen-bond acceptors (Lipinski definition) is 3. The maximum Gasteiger partial charge on any atom is 0.335 e. The fourth-order valence-corrected chi connectivity index (χ4v) is 2.73. The smallest absolute Gasteiger partial charge is 0.335 e. The van der Waals surface area contributed by atoms with Gasteiger partial charge in [-0.3, -0.25) is 0 Å². The van der Waals surface area contributed by atoms with Crippen LogP contribution in [0.3, 0.4) is 0 Å². The topological polar surface area (TPSA) is 62.5 Å². The molecule has 0 aliphatic heterocycles. The van der Waals surface area contributed by atoms with Crippen LogP contribution in [0.2, 0.25) is 5.02 Å². The Labute approximate surface area is 151 Å². The summed E-state index contributed by atoms with van der Waals surface area (Å²) in [6.45, 7) is 4.34. The molecule has 0 saturated carbocycles. The molecule has 0 bridgehead atoms. The summed E-state index contributed by atoms with van der Waals surface area (Å²) in [5, 5.41) is 13.0. The highest BCUT2D eigenvalue weighted by molar-refractivity contribution is 6.31. The first-order valence-electron chi connectivity index (χ1n) is 7.87. The van der Waals surface area contributed by atoms with Crippen molar-refractivity contribution >= 4 is 23.3 Å². The number of benzene rings is 2. The molecule has 128 valence electrons. The molecule has 0 fully saturated rings. The van der Waals surface area contributed by atoms with Crippen molar-refractivity contribution in [1.29, 1.82) is 0 Å². The number of carboxylic acid groups (broad SMARTS) is 1. The van der Waals surface area contributed by atoms with E-state index in [4.69, 9.17) is 21.1 Å². The van der Waals surface area contributed by atoms with E-state index < -0.39 is 5.97 Å². The molecular formula is C20H18ClNO3. The van der Waals surface area contributed by atoms with E-state index >= 15 is 0 Å². The summed E-state index contributed by atoms with van der Waals surface area (Å²) < 4.78 is 5.87. The number of aromatic carboxylic acids is 1. The van der Waals surface area contributed by atoms with Crippen molar-refractivity contribution in [2.75, 3.05) is 5.32 Å². The van der Waals surface area contributed by atoms with Crippen LogP contribution >= 0.6 is 11.6 Å². The van der Waals surface area contributed by atoms with E-state index in [1.807, 2.05) is 44.2 Å². The minimum absolute atomic E-state index is 0.277. The third kappa shape index (κ3) is 3.86. The summed E-state index contributed by atoms with van der Waals surface area (Å²) in [7, 11) is 0. The third-order valence-electron chi connectivity index (χ3n) is 4.04. The summed E-state index contributed by atoms with van der Waals surface area (Å²) in [5.74, 6) is 0.618. The highest BCUT2D eigenvalue weighted by Crippen LogP contribution is 2.27. The molecule has 0 atom stereocenters. The molecule has 3 aromatic rings. The second-order valence-electron chi connectivity index (χ2n) is 5.92. The molecule has 25 heavy (non-hydrogen) atoms. The van der Waals surface area contributed by atoms with Gasteiger partial charge in [0.15, 0.2) is 0 Å². The van der Waals surface area contributed by atoms with Crippen LogP contribution in [0.1, 0.15) is 27.2 Å². The Morgan fingerprint density at radius 1 is 1.08 bits per heavy atom. The molecule has 4 nitrogen and oxygen atoms in total. The second kappa shape index (κ2) is 7.03. The lowest BCUT2D eigenvalue weighted by atomic mass is 10.1. The highest BCUT2D eigenvalue weighted by Gasteiger charge is 2.08. The van der Waals surface area contributed by atoms with Gasteiger partial charge in [-0.25, -0.2) is 4.79 Å². The maximum absolute atomic E-state index is 11.0. The fourth-order valence-electron chi connectivity index (χ4n) is 2.55. The number of carboxylic acids is 1. The van der Waals surface area contributed by atoms with Crippen LogP contribution < -0.4 is 5.32 Å². The number of carbonyl (C=O) groups is 1. The van der Waals surface area contributed by atoms with Gasteiger partial charge in [-0.2, -0.15) is 0 Å². The SMILES string of the molecule is Cc1ccc(-c2ccc(CNc3ccc(C(=O)O)cc3C)o2)cc1Cl. The minimum atomic E-state index is -0.929. The lowest BCUT2D eigenvalue weighted by Gasteiger charge is -2.09. The van der Waals surface area contributed by atoms with Gasteiger partial charge in [-0.1, -0.05) is 23.7 Å². The highest BCUT2D eigenvalue weighted by atomic mass is 35.5. The number of furan rings is 1. The van der Waals surface area contributed by atoms with Crippen molar-refractivity contribution in [2.45, 2.75) is 20.4 Å². The summed E-state index contributed by atoms with van der Waals surface area (Å²) in [6, 6.07) is 14.7. The zero-order valence-corrected chi connectivity index (χ0v) is 14.7. The number of aryl methyl sites for hydroxylation is 2. The Hall–Kier alpha value is -2.72. The fraction of sp³-hybridized carbons (Fsp3) is 0.150. The van der Waals surface area contributed by atoms with Gasteiger partial charge in [-0.15, -0.1) is 0 Å². The van der Waals surface area contributed by atoms with Crippen LogP contribution in [0, 0.1) is 13.8 Å². The van der Waals surface area contributed by atoms with Crippen molar-refractivity contribution in [2.24, 2.45) is 0 Å². The van der Waals surface area contributed by atoms with Gasteiger partial charge in [0.25, 0.3) is 0 Å². The molecule has 5 heteroatoms. The molecule has 0 aliphatic rings. The van der Waals surface area contributed by atoms with Gasteiger partial charge in [0, 0.05) is 16.3 Å². The molecule has 2 aromatic carbocycles. The van der Waals surface area contributed by atoms with Crippen LogP contribution in [0.15, 0.2) is 52.9 Å². The Morgan fingerprint density at radius 2 is 1.88 bits per heavy atom. The summed E-state index contributed by atoms with van der Waals surface area (Å²) >= 11 is 6.17. The number of halogens is 1. The van der Waals surface area contributed by atoms with Gasteiger partial charge in [-0.05, 0) is 61.4 Å². The second-order valence-corrected chi connectivity index (χ2v) is 6.33. The average Bonchev–Trinajstić information content (AvgIpc) is 3.05.